The van der Waals surface area contributed by atoms with E-state index in [9.17, 15) is 9.59 Å². The van der Waals surface area contributed by atoms with E-state index in [1.165, 1.54) is 19.3 Å². The van der Waals surface area contributed by atoms with Gasteiger partial charge in [0.05, 0.1) is 5.39 Å². The molecule has 1 aliphatic carbocycles. The number of hydrogen-bond donors (Lipinski definition) is 4. The highest BCUT2D eigenvalue weighted by atomic mass is 32.1. The molecule has 1 amide bonds. The largest absolute Gasteiger partial charge is 0.359 e. The molecule has 1 aliphatic rings. The van der Waals surface area contributed by atoms with Gasteiger partial charge in [0.25, 0.3) is 11.5 Å². The summed E-state index contributed by atoms with van der Waals surface area (Å²) < 4.78 is 0. The molecule has 3 rings (SSSR count). The predicted molar refractivity (Wildman–Crippen MR) is 95.6 cm³/mol. The Morgan fingerprint density at radius 1 is 1.12 bits per heavy atom. The number of benzene rings is 1. The first-order valence-corrected chi connectivity index (χ1v) is 8.40. The number of fused-ring (bicyclic) bond motifs is 1. The highest BCUT2D eigenvalue weighted by Gasteiger charge is 2.16. The molecule has 8 heteroatoms. The highest BCUT2D eigenvalue weighted by Crippen LogP contribution is 2.17. The van der Waals surface area contributed by atoms with Gasteiger partial charge in [0.15, 0.2) is 10.8 Å². The molecule has 0 radical (unpaired) electrons. The maximum atomic E-state index is 12.3. The fraction of sp³-hybridized carbons (Fsp3) is 0.375. The van der Waals surface area contributed by atoms with Gasteiger partial charge in [0.2, 0.25) is 0 Å². The quantitative estimate of drug-likeness (QED) is 0.485. The average Bonchev–Trinajstić information content (AvgIpc) is 2.61. The van der Waals surface area contributed by atoms with Crippen molar-refractivity contribution >= 4 is 34.0 Å². The normalized spacial score (nSPS) is 15.0. The number of hydrazine groups is 1. The van der Waals surface area contributed by atoms with E-state index < -0.39 is 5.91 Å². The van der Waals surface area contributed by atoms with Gasteiger partial charge in [0.1, 0.15) is 0 Å². The molecule has 1 aromatic carbocycles. The van der Waals surface area contributed by atoms with Crippen LogP contribution in [0.2, 0.25) is 0 Å². The maximum Gasteiger partial charge on any atom is 0.290 e. The minimum Gasteiger partial charge on any atom is -0.359 e. The van der Waals surface area contributed by atoms with Crippen molar-refractivity contribution in [3.8, 4) is 0 Å². The number of aromatic nitrogens is 2. The van der Waals surface area contributed by atoms with Gasteiger partial charge in [-0.2, -0.15) is 5.10 Å². The molecule has 0 atom stereocenters. The van der Waals surface area contributed by atoms with E-state index in [2.05, 4.69) is 26.4 Å². The van der Waals surface area contributed by atoms with E-state index >= 15 is 0 Å². The first-order valence-electron chi connectivity index (χ1n) is 7.99. The molecule has 1 heterocycles. The van der Waals surface area contributed by atoms with Crippen molar-refractivity contribution in [2.24, 2.45) is 0 Å². The molecule has 0 unspecified atom stereocenters. The molecule has 0 saturated heterocycles. The van der Waals surface area contributed by atoms with E-state index in [0.29, 0.717) is 21.9 Å². The molecular weight excluding hydrogens is 326 g/mol. The Hall–Kier alpha value is -2.48. The van der Waals surface area contributed by atoms with Crippen molar-refractivity contribution in [1.82, 2.24) is 26.4 Å². The van der Waals surface area contributed by atoms with Gasteiger partial charge >= 0.3 is 0 Å². The number of nitrogens with zero attached hydrogens (tertiary/aromatic N) is 1. The molecule has 126 valence electrons. The maximum absolute atomic E-state index is 12.3. The summed E-state index contributed by atoms with van der Waals surface area (Å²) in [6.07, 6.45) is 5.82. The number of thiocarbonyl (C=S) groups is 1. The second-order valence-electron chi connectivity index (χ2n) is 5.83. The highest BCUT2D eigenvalue weighted by molar-refractivity contribution is 7.80. The summed E-state index contributed by atoms with van der Waals surface area (Å²) in [5, 5.41) is 10.7. The van der Waals surface area contributed by atoms with Crippen LogP contribution in [0.5, 0.6) is 0 Å². The number of H-pyrrole nitrogens is 1. The summed E-state index contributed by atoms with van der Waals surface area (Å²) in [4.78, 5) is 24.1. The van der Waals surface area contributed by atoms with E-state index in [4.69, 9.17) is 12.2 Å². The third-order valence-corrected chi connectivity index (χ3v) is 4.36. The number of hydrogen-bond acceptors (Lipinski definition) is 4. The lowest BCUT2D eigenvalue weighted by atomic mass is 9.96. The zero-order chi connectivity index (χ0) is 16.9. The Morgan fingerprint density at radius 3 is 2.58 bits per heavy atom. The van der Waals surface area contributed by atoms with Crippen molar-refractivity contribution in [3.63, 3.8) is 0 Å². The Labute approximate surface area is 144 Å². The molecule has 1 saturated carbocycles. The van der Waals surface area contributed by atoms with Gasteiger partial charge in [-0.15, -0.1) is 0 Å². The van der Waals surface area contributed by atoms with Crippen LogP contribution in [0, 0.1) is 0 Å². The van der Waals surface area contributed by atoms with Crippen molar-refractivity contribution in [3.05, 3.63) is 40.3 Å². The molecule has 0 spiro atoms. The predicted octanol–water partition coefficient (Wildman–Crippen LogP) is 1.36. The molecule has 0 bridgehead atoms. The Balaban J connectivity index is 1.64. The van der Waals surface area contributed by atoms with E-state index in [0.717, 1.165) is 12.8 Å². The standard InChI is InChI=1S/C16H19N5O2S/c22-14-12-9-5-4-8-11(12)13(18-19-14)15(23)20-21-16(24)17-10-6-2-1-3-7-10/h4-5,8-10H,1-3,6-7H2,(H,19,22)(H,20,23)(H2,17,21,24). The molecular formula is C16H19N5O2S. The first kappa shape index (κ1) is 16.4. The van der Waals surface area contributed by atoms with Gasteiger partial charge in [-0.25, -0.2) is 5.10 Å². The summed E-state index contributed by atoms with van der Waals surface area (Å²) in [5.41, 5.74) is 5.03. The van der Waals surface area contributed by atoms with Gasteiger partial charge in [0, 0.05) is 11.4 Å². The van der Waals surface area contributed by atoms with Gasteiger partial charge in [-0.05, 0) is 31.1 Å². The number of rotatable bonds is 2. The fourth-order valence-electron chi connectivity index (χ4n) is 2.93. The molecule has 2 aromatic rings. The molecule has 24 heavy (non-hydrogen) atoms. The summed E-state index contributed by atoms with van der Waals surface area (Å²) in [7, 11) is 0. The number of aromatic amines is 1. The number of carbonyl (C=O) groups excluding carboxylic acids is 1. The molecule has 0 aliphatic heterocycles. The second-order valence-corrected chi connectivity index (χ2v) is 6.24. The Bertz CT molecular complexity index is 813. The van der Waals surface area contributed by atoms with Crippen molar-refractivity contribution in [2.45, 2.75) is 38.1 Å². The third kappa shape index (κ3) is 3.70. The van der Waals surface area contributed by atoms with E-state index in [1.807, 2.05) is 0 Å². The summed E-state index contributed by atoms with van der Waals surface area (Å²) in [5.74, 6) is -0.463. The molecule has 7 nitrogen and oxygen atoms in total. The molecule has 4 N–H and O–H groups in total. The van der Waals surface area contributed by atoms with Gasteiger partial charge in [-0.3, -0.25) is 20.4 Å². The lowest BCUT2D eigenvalue weighted by molar-refractivity contribution is 0.0939. The van der Waals surface area contributed by atoms with Crippen LogP contribution in [-0.2, 0) is 0 Å². The fourth-order valence-corrected chi connectivity index (χ4v) is 3.15. The number of amides is 1. The zero-order valence-corrected chi connectivity index (χ0v) is 13.9. The summed E-state index contributed by atoms with van der Waals surface area (Å²) in [6, 6.07) is 7.17. The van der Waals surface area contributed by atoms with Crippen LogP contribution in [0.3, 0.4) is 0 Å². The van der Waals surface area contributed by atoms with Crippen LogP contribution in [0.25, 0.3) is 10.8 Å². The summed E-state index contributed by atoms with van der Waals surface area (Å²) >= 11 is 5.20. The van der Waals surface area contributed by atoms with Crippen LogP contribution in [0.1, 0.15) is 42.6 Å². The van der Waals surface area contributed by atoms with Crippen molar-refractivity contribution in [2.75, 3.05) is 0 Å². The van der Waals surface area contributed by atoms with Crippen molar-refractivity contribution < 1.29 is 4.79 Å². The third-order valence-electron chi connectivity index (χ3n) is 4.14. The Morgan fingerprint density at radius 2 is 1.83 bits per heavy atom. The van der Waals surface area contributed by atoms with Crippen LogP contribution in [-0.4, -0.2) is 27.3 Å². The first-order chi connectivity index (χ1) is 11.6. The van der Waals surface area contributed by atoms with Crippen molar-refractivity contribution in [1.29, 1.82) is 0 Å². The minimum atomic E-state index is -0.463. The monoisotopic (exact) mass is 345 g/mol. The second kappa shape index (κ2) is 7.39. The smallest absolute Gasteiger partial charge is 0.290 e. The number of nitrogens with one attached hydrogen (secondary N) is 4. The Kier molecular flexibility index (Phi) is 5.05. The van der Waals surface area contributed by atoms with Gasteiger partial charge < -0.3 is 5.32 Å². The van der Waals surface area contributed by atoms with Gasteiger partial charge in [-0.1, -0.05) is 37.5 Å². The molecule has 1 fully saturated rings. The lowest BCUT2D eigenvalue weighted by Crippen LogP contribution is -2.50. The summed E-state index contributed by atoms with van der Waals surface area (Å²) in [6.45, 7) is 0. The van der Waals surface area contributed by atoms with E-state index in [-0.39, 0.29) is 11.3 Å². The molecule has 1 aromatic heterocycles. The topological polar surface area (TPSA) is 98.9 Å². The van der Waals surface area contributed by atoms with Crippen LogP contribution < -0.4 is 21.7 Å². The SMILES string of the molecule is O=C(NNC(=S)NC1CCCCC1)c1n[nH]c(=O)c2ccccc12. The van der Waals surface area contributed by atoms with Crippen LogP contribution in [0.4, 0.5) is 0 Å². The zero-order valence-electron chi connectivity index (χ0n) is 13.1. The van der Waals surface area contributed by atoms with E-state index in [1.54, 1.807) is 24.3 Å². The minimum absolute atomic E-state index is 0.137. The number of carbonyl (C=O) groups is 1. The van der Waals surface area contributed by atoms with Crippen LogP contribution in [0.15, 0.2) is 29.1 Å². The van der Waals surface area contributed by atoms with Crippen LogP contribution >= 0.6 is 12.2 Å². The lowest BCUT2D eigenvalue weighted by Gasteiger charge is -2.24. The average molecular weight is 345 g/mol.